The first-order valence-electron chi connectivity index (χ1n) is 9.63. The molecule has 1 atom stereocenters. The second kappa shape index (κ2) is 9.84. The van der Waals surface area contributed by atoms with Gasteiger partial charge in [-0.25, -0.2) is 4.79 Å². The third-order valence-electron chi connectivity index (χ3n) is 4.64. The number of allylic oxidation sites excluding steroid dienone is 2. The summed E-state index contributed by atoms with van der Waals surface area (Å²) in [5.74, 6) is 0.00211. The van der Waals surface area contributed by atoms with Crippen LogP contribution in [0.15, 0.2) is 41.0 Å². The number of carbonyl (C=O) groups is 1. The van der Waals surface area contributed by atoms with E-state index in [9.17, 15) is 10.1 Å². The monoisotopic (exact) mass is 384 g/mol. The molecule has 6 nitrogen and oxygen atoms in total. The van der Waals surface area contributed by atoms with Gasteiger partial charge in [-0.15, -0.1) is 0 Å². The van der Waals surface area contributed by atoms with Gasteiger partial charge in [0.1, 0.15) is 23.2 Å². The van der Waals surface area contributed by atoms with Crippen LogP contribution in [-0.2, 0) is 14.3 Å². The normalized spacial score (nSPS) is 16.5. The number of rotatable bonds is 8. The van der Waals surface area contributed by atoms with Crippen molar-refractivity contribution in [1.29, 1.82) is 5.26 Å². The molecule has 150 valence electrons. The van der Waals surface area contributed by atoms with Crippen molar-refractivity contribution in [1.82, 2.24) is 0 Å². The van der Waals surface area contributed by atoms with E-state index in [4.69, 9.17) is 19.9 Å². The van der Waals surface area contributed by atoms with Crippen LogP contribution in [0.3, 0.4) is 0 Å². The lowest BCUT2D eigenvalue weighted by molar-refractivity contribution is -0.139. The number of nitrogens with zero attached hydrogens (tertiary/aromatic N) is 1. The fraction of sp³-hybridized carbons (Fsp3) is 0.455. The Labute approximate surface area is 166 Å². The fourth-order valence-corrected chi connectivity index (χ4v) is 3.24. The van der Waals surface area contributed by atoms with E-state index < -0.39 is 11.9 Å². The second-order valence-electron chi connectivity index (χ2n) is 6.70. The first-order valence-corrected chi connectivity index (χ1v) is 9.63. The Morgan fingerprint density at radius 2 is 2.04 bits per heavy atom. The maximum atomic E-state index is 12.6. The third kappa shape index (κ3) is 4.66. The van der Waals surface area contributed by atoms with Crippen LogP contribution >= 0.6 is 0 Å². The molecule has 0 saturated heterocycles. The van der Waals surface area contributed by atoms with Crippen LogP contribution in [0.2, 0.25) is 0 Å². The first kappa shape index (κ1) is 21.4. The Bertz CT molecular complexity index is 833. The molecule has 1 heterocycles. The summed E-state index contributed by atoms with van der Waals surface area (Å²) in [6.07, 6.45) is 3.27. The molecule has 1 aliphatic heterocycles. The Morgan fingerprint density at radius 3 is 2.64 bits per heavy atom. The van der Waals surface area contributed by atoms with E-state index in [1.807, 2.05) is 25.1 Å². The highest BCUT2D eigenvalue weighted by Gasteiger charge is 2.36. The molecule has 2 N–H and O–H groups in total. The van der Waals surface area contributed by atoms with Crippen LogP contribution in [0, 0.1) is 18.3 Å². The molecule has 0 radical (unpaired) electrons. The van der Waals surface area contributed by atoms with Gasteiger partial charge in [0.25, 0.3) is 0 Å². The number of esters is 1. The second-order valence-corrected chi connectivity index (χ2v) is 6.70. The van der Waals surface area contributed by atoms with Crippen LogP contribution in [0.5, 0.6) is 5.75 Å². The largest absolute Gasteiger partial charge is 0.493 e. The summed E-state index contributed by atoms with van der Waals surface area (Å²) >= 11 is 0. The molecule has 0 fully saturated rings. The summed E-state index contributed by atoms with van der Waals surface area (Å²) in [5, 5.41) is 9.63. The van der Waals surface area contributed by atoms with Gasteiger partial charge < -0.3 is 19.9 Å². The van der Waals surface area contributed by atoms with Crippen molar-refractivity contribution in [3.8, 4) is 11.8 Å². The van der Waals surface area contributed by atoms with Crippen LogP contribution in [0.25, 0.3) is 0 Å². The zero-order valence-corrected chi connectivity index (χ0v) is 17.0. The molecule has 1 aliphatic rings. The van der Waals surface area contributed by atoms with Gasteiger partial charge in [0.15, 0.2) is 0 Å². The molecule has 1 unspecified atom stereocenters. The Hall–Kier alpha value is -2.94. The number of unbranched alkanes of at least 4 members (excludes halogenated alkanes) is 2. The zero-order chi connectivity index (χ0) is 20.7. The van der Waals surface area contributed by atoms with Gasteiger partial charge in [0, 0.05) is 0 Å². The summed E-state index contributed by atoms with van der Waals surface area (Å²) in [6.45, 7) is 8.37. The van der Waals surface area contributed by atoms with Crippen LogP contribution < -0.4 is 10.5 Å². The number of nitrogens with two attached hydrogens (primary N) is 1. The van der Waals surface area contributed by atoms with Gasteiger partial charge in [0.2, 0.25) is 5.88 Å². The van der Waals surface area contributed by atoms with E-state index in [1.54, 1.807) is 13.8 Å². The molecule has 1 aromatic carbocycles. The maximum Gasteiger partial charge on any atom is 0.338 e. The number of hydrogen-bond donors (Lipinski definition) is 1. The molecule has 0 saturated carbocycles. The quantitative estimate of drug-likeness (QED) is 0.533. The average Bonchev–Trinajstić information content (AvgIpc) is 2.65. The predicted octanol–water partition coefficient (Wildman–Crippen LogP) is 4.21. The first-order chi connectivity index (χ1) is 13.4. The molecule has 2 rings (SSSR count). The van der Waals surface area contributed by atoms with Gasteiger partial charge in [-0.05, 0) is 44.4 Å². The number of nitriles is 1. The molecule has 0 aliphatic carbocycles. The molecular formula is C22H28N2O4. The van der Waals surface area contributed by atoms with E-state index in [0.717, 1.165) is 36.1 Å². The Balaban J connectivity index is 2.40. The minimum Gasteiger partial charge on any atom is -0.493 e. The highest BCUT2D eigenvalue weighted by atomic mass is 16.5. The average molecular weight is 384 g/mol. The lowest BCUT2D eigenvalue weighted by Gasteiger charge is -2.27. The number of ether oxygens (including phenoxy) is 3. The van der Waals surface area contributed by atoms with Crippen molar-refractivity contribution in [2.75, 3.05) is 13.2 Å². The summed E-state index contributed by atoms with van der Waals surface area (Å²) in [4.78, 5) is 12.6. The van der Waals surface area contributed by atoms with E-state index in [2.05, 4.69) is 13.0 Å². The molecular weight excluding hydrogens is 356 g/mol. The summed E-state index contributed by atoms with van der Waals surface area (Å²) in [7, 11) is 0. The topological polar surface area (TPSA) is 94.6 Å². The third-order valence-corrected chi connectivity index (χ3v) is 4.64. The smallest absolute Gasteiger partial charge is 0.338 e. The molecule has 0 amide bonds. The van der Waals surface area contributed by atoms with Crippen LogP contribution in [0.1, 0.15) is 57.1 Å². The number of aryl methyl sites for hydroxylation is 1. The SMILES string of the molecule is CCCCCOc1ccc(C2C(C#N)=C(N)OC(C)=C2C(=O)OCC)cc1C. The molecule has 28 heavy (non-hydrogen) atoms. The highest BCUT2D eigenvalue weighted by molar-refractivity contribution is 5.92. The van der Waals surface area contributed by atoms with Crippen molar-refractivity contribution in [3.05, 3.63) is 52.1 Å². The summed E-state index contributed by atoms with van der Waals surface area (Å²) < 4.78 is 16.5. The molecule has 1 aromatic rings. The zero-order valence-electron chi connectivity index (χ0n) is 17.0. The van der Waals surface area contributed by atoms with Gasteiger partial charge in [-0.2, -0.15) is 5.26 Å². The van der Waals surface area contributed by atoms with E-state index >= 15 is 0 Å². The fourth-order valence-electron chi connectivity index (χ4n) is 3.24. The van der Waals surface area contributed by atoms with Crippen molar-refractivity contribution < 1.29 is 19.0 Å². The van der Waals surface area contributed by atoms with Gasteiger partial charge in [0.05, 0.1) is 24.7 Å². The standard InChI is InChI=1S/C22H28N2O4/c1-5-7-8-11-27-18-10-9-16(12-14(18)3)20-17(13-23)21(24)28-15(4)19(20)22(25)26-6-2/h9-10,12,20H,5-8,11,24H2,1-4H3. The van der Waals surface area contributed by atoms with E-state index in [0.29, 0.717) is 17.9 Å². The molecule has 0 aromatic heterocycles. The van der Waals surface area contributed by atoms with Crippen molar-refractivity contribution >= 4 is 5.97 Å². The minimum atomic E-state index is -0.634. The Morgan fingerprint density at radius 1 is 1.29 bits per heavy atom. The van der Waals surface area contributed by atoms with Crippen molar-refractivity contribution in [2.24, 2.45) is 5.73 Å². The lowest BCUT2D eigenvalue weighted by Crippen LogP contribution is -2.25. The number of hydrogen-bond acceptors (Lipinski definition) is 6. The lowest BCUT2D eigenvalue weighted by atomic mass is 9.82. The van der Waals surface area contributed by atoms with Crippen LogP contribution in [-0.4, -0.2) is 19.2 Å². The molecule has 0 bridgehead atoms. The number of carbonyl (C=O) groups excluding carboxylic acids is 1. The van der Waals surface area contributed by atoms with Crippen molar-refractivity contribution in [3.63, 3.8) is 0 Å². The molecule has 0 spiro atoms. The van der Waals surface area contributed by atoms with E-state index in [1.165, 1.54) is 0 Å². The van der Waals surface area contributed by atoms with Gasteiger partial charge in [-0.1, -0.05) is 31.9 Å². The predicted molar refractivity (Wildman–Crippen MR) is 106 cm³/mol. The highest BCUT2D eigenvalue weighted by Crippen LogP contribution is 2.40. The molecule has 6 heteroatoms. The van der Waals surface area contributed by atoms with Gasteiger partial charge in [-0.3, -0.25) is 0 Å². The minimum absolute atomic E-state index is 0.00981. The van der Waals surface area contributed by atoms with Gasteiger partial charge >= 0.3 is 5.97 Å². The number of benzene rings is 1. The summed E-state index contributed by atoms with van der Waals surface area (Å²) in [5.41, 5.74) is 8.12. The van der Waals surface area contributed by atoms with Crippen LogP contribution in [0.4, 0.5) is 0 Å². The van der Waals surface area contributed by atoms with E-state index in [-0.39, 0.29) is 18.1 Å². The maximum absolute atomic E-state index is 12.6. The summed E-state index contributed by atoms with van der Waals surface area (Å²) in [6, 6.07) is 7.73. The van der Waals surface area contributed by atoms with Crippen molar-refractivity contribution in [2.45, 2.75) is 52.9 Å². The Kier molecular flexibility index (Phi) is 7.51.